The van der Waals surface area contributed by atoms with Gasteiger partial charge in [0.25, 0.3) is 0 Å². The number of nitrogens with two attached hydrogens (primary N) is 1. The second kappa shape index (κ2) is 5.04. The predicted molar refractivity (Wildman–Crippen MR) is 58.1 cm³/mol. The first-order valence-electron chi connectivity index (χ1n) is 4.44. The van der Waals surface area contributed by atoms with Crippen molar-refractivity contribution in [1.82, 2.24) is 0 Å². The SMILES string of the molecule is Cc1ccccc1S(=O)CC(N)C(=O)O. The van der Waals surface area contributed by atoms with E-state index in [1.165, 1.54) is 0 Å². The summed E-state index contributed by atoms with van der Waals surface area (Å²) in [5.74, 6) is -1.18. The van der Waals surface area contributed by atoms with Crippen LogP contribution in [0.25, 0.3) is 0 Å². The number of carbonyl (C=O) groups is 1. The first-order valence-corrected chi connectivity index (χ1v) is 5.76. The van der Waals surface area contributed by atoms with E-state index in [-0.39, 0.29) is 5.75 Å². The van der Waals surface area contributed by atoms with Gasteiger partial charge in [-0.2, -0.15) is 0 Å². The van der Waals surface area contributed by atoms with Crippen LogP contribution in [0.15, 0.2) is 29.2 Å². The molecule has 0 aliphatic heterocycles. The Labute approximate surface area is 90.6 Å². The maximum Gasteiger partial charge on any atom is 0.321 e. The van der Waals surface area contributed by atoms with Gasteiger partial charge in [-0.15, -0.1) is 0 Å². The fourth-order valence-corrected chi connectivity index (χ4v) is 2.44. The molecule has 1 aromatic rings. The molecule has 1 aromatic carbocycles. The molecule has 0 fully saturated rings. The zero-order valence-electron chi connectivity index (χ0n) is 8.34. The summed E-state index contributed by atoms with van der Waals surface area (Å²) in [4.78, 5) is 11.1. The van der Waals surface area contributed by atoms with Gasteiger partial charge in [-0.05, 0) is 18.6 Å². The Kier molecular flexibility index (Phi) is 3.99. The van der Waals surface area contributed by atoms with E-state index >= 15 is 0 Å². The van der Waals surface area contributed by atoms with Crippen LogP contribution >= 0.6 is 0 Å². The predicted octanol–water partition coefficient (Wildman–Crippen LogP) is 0.515. The number of aliphatic carboxylic acids is 1. The maximum atomic E-state index is 11.7. The largest absolute Gasteiger partial charge is 0.480 e. The van der Waals surface area contributed by atoms with E-state index in [0.717, 1.165) is 5.56 Å². The van der Waals surface area contributed by atoms with E-state index in [1.807, 2.05) is 19.1 Å². The lowest BCUT2D eigenvalue weighted by molar-refractivity contribution is -0.137. The van der Waals surface area contributed by atoms with Crippen molar-refractivity contribution in [2.24, 2.45) is 5.73 Å². The van der Waals surface area contributed by atoms with Crippen LogP contribution in [-0.4, -0.2) is 27.1 Å². The first kappa shape index (κ1) is 11.9. The fourth-order valence-electron chi connectivity index (χ4n) is 1.14. The first-order chi connectivity index (χ1) is 7.02. The van der Waals surface area contributed by atoms with Gasteiger partial charge in [-0.1, -0.05) is 18.2 Å². The lowest BCUT2D eigenvalue weighted by Crippen LogP contribution is -2.35. The van der Waals surface area contributed by atoms with E-state index in [2.05, 4.69) is 0 Å². The smallest absolute Gasteiger partial charge is 0.321 e. The molecule has 0 amide bonds. The molecule has 0 spiro atoms. The number of hydrogen-bond acceptors (Lipinski definition) is 3. The number of carboxylic acid groups (broad SMARTS) is 1. The summed E-state index contributed by atoms with van der Waals surface area (Å²) in [6, 6.07) is 6.09. The molecule has 3 N–H and O–H groups in total. The zero-order valence-corrected chi connectivity index (χ0v) is 9.16. The number of benzene rings is 1. The van der Waals surface area contributed by atoms with Crippen molar-refractivity contribution < 1.29 is 14.1 Å². The van der Waals surface area contributed by atoms with Crippen molar-refractivity contribution in [1.29, 1.82) is 0 Å². The molecule has 0 bridgehead atoms. The molecule has 0 heterocycles. The van der Waals surface area contributed by atoms with E-state index in [1.54, 1.807) is 12.1 Å². The molecule has 0 aliphatic rings. The Morgan fingerprint density at radius 1 is 1.53 bits per heavy atom. The summed E-state index contributed by atoms with van der Waals surface area (Å²) >= 11 is 0. The van der Waals surface area contributed by atoms with Crippen LogP contribution in [0.2, 0.25) is 0 Å². The highest BCUT2D eigenvalue weighted by Crippen LogP contribution is 2.12. The molecule has 0 saturated heterocycles. The van der Waals surface area contributed by atoms with E-state index < -0.39 is 22.8 Å². The van der Waals surface area contributed by atoms with Gasteiger partial charge in [0.2, 0.25) is 0 Å². The minimum atomic E-state index is -1.35. The molecule has 0 radical (unpaired) electrons. The molecule has 2 unspecified atom stereocenters. The third kappa shape index (κ3) is 3.14. The van der Waals surface area contributed by atoms with Gasteiger partial charge in [0.05, 0.1) is 16.6 Å². The van der Waals surface area contributed by atoms with E-state index in [4.69, 9.17) is 10.8 Å². The van der Waals surface area contributed by atoms with Crippen molar-refractivity contribution in [3.63, 3.8) is 0 Å². The van der Waals surface area contributed by atoms with E-state index in [0.29, 0.717) is 4.90 Å². The number of rotatable bonds is 4. The highest BCUT2D eigenvalue weighted by Gasteiger charge is 2.17. The van der Waals surface area contributed by atoms with Crippen molar-refractivity contribution in [2.75, 3.05) is 5.75 Å². The second-order valence-electron chi connectivity index (χ2n) is 3.22. The molecule has 0 aliphatic carbocycles. The summed E-state index contributed by atoms with van der Waals surface area (Å²) in [5.41, 5.74) is 6.20. The zero-order chi connectivity index (χ0) is 11.4. The average molecular weight is 227 g/mol. The van der Waals surface area contributed by atoms with Gasteiger partial charge in [0.15, 0.2) is 0 Å². The lowest BCUT2D eigenvalue weighted by Gasteiger charge is -2.08. The van der Waals surface area contributed by atoms with Crippen LogP contribution in [0.3, 0.4) is 0 Å². The van der Waals surface area contributed by atoms with Gasteiger partial charge in [-0.3, -0.25) is 9.00 Å². The quantitative estimate of drug-likeness (QED) is 0.785. The summed E-state index contributed by atoms with van der Waals surface area (Å²) in [5, 5.41) is 8.59. The minimum absolute atomic E-state index is 0.0554. The monoisotopic (exact) mass is 227 g/mol. The Bertz CT molecular complexity index is 392. The number of hydrogen-bond donors (Lipinski definition) is 2. The van der Waals surface area contributed by atoms with Crippen LogP contribution in [-0.2, 0) is 15.6 Å². The molecule has 0 saturated carbocycles. The summed E-state index contributed by atoms with van der Waals surface area (Å²) in [7, 11) is -1.35. The number of aryl methyl sites for hydroxylation is 1. The summed E-state index contributed by atoms with van der Waals surface area (Å²) < 4.78 is 11.7. The van der Waals surface area contributed by atoms with Crippen LogP contribution in [0, 0.1) is 6.92 Å². The van der Waals surface area contributed by atoms with Gasteiger partial charge in [0, 0.05) is 4.90 Å². The molecule has 2 atom stereocenters. The molecular formula is C10H13NO3S. The van der Waals surface area contributed by atoms with Crippen molar-refractivity contribution in [2.45, 2.75) is 17.9 Å². The van der Waals surface area contributed by atoms with Gasteiger partial charge >= 0.3 is 5.97 Å². The third-order valence-electron chi connectivity index (χ3n) is 1.99. The lowest BCUT2D eigenvalue weighted by atomic mass is 10.2. The van der Waals surface area contributed by atoms with Crippen molar-refractivity contribution in [3.05, 3.63) is 29.8 Å². The van der Waals surface area contributed by atoms with Crippen molar-refractivity contribution >= 4 is 16.8 Å². The van der Waals surface area contributed by atoms with Crippen LogP contribution < -0.4 is 5.73 Å². The number of carboxylic acids is 1. The third-order valence-corrected chi connectivity index (χ3v) is 3.60. The molecule has 82 valence electrons. The Balaban J connectivity index is 2.78. The average Bonchev–Trinajstić information content (AvgIpc) is 2.18. The summed E-state index contributed by atoms with van der Waals surface area (Å²) in [6.07, 6.45) is 0. The van der Waals surface area contributed by atoms with Crippen LogP contribution in [0.5, 0.6) is 0 Å². The molecule has 5 heteroatoms. The maximum absolute atomic E-state index is 11.7. The second-order valence-corrected chi connectivity index (χ2v) is 4.69. The van der Waals surface area contributed by atoms with E-state index in [9.17, 15) is 9.00 Å². The summed E-state index contributed by atoms with van der Waals surface area (Å²) in [6.45, 7) is 1.83. The van der Waals surface area contributed by atoms with Gasteiger partial charge < -0.3 is 10.8 Å². The van der Waals surface area contributed by atoms with Gasteiger partial charge in [0.1, 0.15) is 6.04 Å². The minimum Gasteiger partial charge on any atom is -0.480 e. The molecule has 4 nitrogen and oxygen atoms in total. The Hall–Kier alpha value is -1.20. The van der Waals surface area contributed by atoms with Gasteiger partial charge in [-0.25, -0.2) is 0 Å². The molecular weight excluding hydrogens is 214 g/mol. The topological polar surface area (TPSA) is 80.4 Å². The fraction of sp³-hybridized carbons (Fsp3) is 0.300. The Morgan fingerprint density at radius 2 is 2.13 bits per heavy atom. The van der Waals surface area contributed by atoms with Crippen LogP contribution in [0.4, 0.5) is 0 Å². The normalized spacial score (nSPS) is 14.5. The van der Waals surface area contributed by atoms with Crippen LogP contribution in [0.1, 0.15) is 5.56 Å². The molecule has 0 aromatic heterocycles. The Morgan fingerprint density at radius 3 is 2.67 bits per heavy atom. The highest BCUT2D eigenvalue weighted by atomic mass is 32.2. The highest BCUT2D eigenvalue weighted by molar-refractivity contribution is 7.85. The van der Waals surface area contributed by atoms with Crippen molar-refractivity contribution in [3.8, 4) is 0 Å². The molecule has 1 rings (SSSR count). The molecule has 15 heavy (non-hydrogen) atoms. The standard InChI is InChI=1S/C10H13NO3S/c1-7-4-2-3-5-9(7)15(14)6-8(11)10(12)13/h2-5,8H,6,11H2,1H3,(H,12,13).